The molecule has 36 heavy (non-hydrogen) atoms. The summed E-state index contributed by atoms with van der Waals surface area (Å²) in [5.41, 5.74) is 2.28. The van der Waals surface area contributed by atoms with Crippen molar-refractivity contribution in [2.45, 2.75) is 51.1 Å². The summed E-state index contributed by atoms with van der Waals surface area (Å²) in [5, 5.41) is 3.40. The van der Waals surface area contributed by atoms with E-state index in [0.29, 0.717) is 23.6 Å². The van der Waals surface area contributed by atoms with Crippen LogP contribution < -0.4 is 5.32 Å². The van der Waals surface area contributed by atoms with Crippen LogP contribution in [-0.4, -0.2) is 34.6 Å². The van der Waals surface area contributed by atoms with Gasteiger partial charge in [0, 0.05) is 35.3 Å². The van der Waals surface area contributed by atoms with Gasteiger partial charge in [-0.3, -0.25) is 9.59 Å². The van der Waals surface area contributed by atoms with Gasteiger partial charge in [-0.1, -0.05) is 85.3 Å². The van der Waals surface area contributed by atoms with Gasteiger partial charge in [-0.05, 0) is 36.6 Å². The van der Waals surface area contributed by atoms with Crippen LogP contribution >= 0.6 is 23.4 Å². The molecule has 0 saturated carbocycles. The maximum absolute atomic E-state index is 14.2. The fraction of sp³-hybridized carbons (Fsp3) is 0.310. The van der Waals surface area contributed by atoms with E-state index in [4.69, 9.17) is 11.6 Å². The van der Waals surface area contributed by atoms with E-state index >= 15 is 0 Å². The third kappa shape index (κ3) is 8.10. The molecule has 0 spiro atoms. The maximum atomic E-state index is 14.2. The summed E-state index contributed by atoms with van der Waals surface area (Å²) in [5.74, 6) is -0.396. The molecule has 0 bridgehead atoms. The first-order chi connectivity index (χ1) is 17.4. The summed E-state index contributed by atoms with van der Waals surface area (Å²) in [4.78, 5) is 28.7. The Morgan fingerprint density at radius 2 is 1.61 bits per heavy atom. The van der Waals surface area contributed by atoms with Gasteiger partial charge in [0.15, 0.2) is 0 Å². The number of benzene rings is 3. The standard InChI is InChI=1S/C29H32ClFN2O2S/c1-3-21(2)32-29(35)27(17-22-11-6-4-7-12-22)33(18-23-13-8-5-9-14-23)28(34)20-36-19-24-25(30)15-10-16-26(24)31/h4-16,21,27H,3,17-20H2,1-2H3,(H,32,35)/t21-,27-/m0/s1. The van der Waals surface area contributed by atoms with E-state index in [9.17, 15) is 14.0 Å². The first-order valence-corrected chi connectivity index (χ1v) is 13.6. The van der Waals surface area contributed by atoms with Crippen LogP contribution in [0.5, 0.6) is 0 Å². The van der Waals surface area contributed by atoms with E-state index in [1.165, 1.54) is 17.8 Å². The molecule has 0 aromatic heterocycles. The molecule has 3 rings (SSSR count). The predicted octanol–water partition coefficient (Wildman–Crippen LogP) is 6.27. The van der Waals surface area contributed by atoms with Crippen molar-refractivity contribution < 1.29 is 14.0 Å². The lowest BCUT2D eigenvalue weighted by Gasteiger charge is -2.32. The Labute approximate surface area is 222 Å². The fourth-order valence-corrected chi connectivity index (χ4v) is 5.02. The highest BCUT2D eigenvalue weighted by molar-refractivity contribution is 7.99. The fourth-order valence-electron chi connectivity index (χ4n) is 3.77. The van der Waals surface area contributed by atoms with Crippen LogP contribution in [0, 0.1) is 5.82 Å². The number of hydrogen-bond acceptors (Lipinski definition) is 3. The number of halogens is 2. The normalized spacial score (nSPS) is 12.6. The lowest BCUT2D eigenvalue weighted by atomic mass is 10.0. The second-order valence-corrected chi connectivity index (χ2v) is 10.1. The van der Waals surface area contributed by atoms with Gasteiger partial charge in [0.1, 0.15) is 11.9 Å². The van der Waals surface area contributed by atoms with Gasteiger partial charge in [0.05, 0.1) is 5.75 Å². The molecule has 0 radical (unpaired) electrons. The van der Waals surface area contributed by atoms with E-state index in [1.54, 1.807) is 17.0 Å². The molecule has 0 aliphatic carbocycles. The van der Waals surface area contributed by atoms with E-state index < -0.39 is 11.9 Å². The molecule has 0 fully saturated rings. The SMILES string of the molecule is CC[C@H](C)NC(=O)[C@H](Cc1ccccc1)N(Cc1ccccc1)C(=O)CSCc1c(F)cccc1Cl. The molecule has 0 unspecified atom stereocenters. The van der Waals surface area contributed by atoms with E-state index in [1.807, 2.05) is 74.5 Å². The van der Waals surface area contributed by atoms with Crippen molar-refractivity contribution in [3.8, 4) is 0 Å². The molecule has 2 amide bonds. The number of thioether (sulfide) groups is 1. The summed E-state index contributed by atoms with van der Waals surface area (Å²) >= 11 is 7.45. The van der Waals surface area contributed by atoms with Gasteiger partial charge in [-0.25, -0.2) is 4.39 Å². The average Bonchev–Trinajstić information content (AvgIpc) is 2.88. The first kappa shape index (κ1) is 27.8. The number of hydrogen-bond donors (Lipinski definition) is 1. The molecule has 3 aromatic rings. The Balaban J connectivity index is 1.85. The molecule has 0 aliphatic heterocycles. The van der Waals surface area contributed by atoms with Crippen LogP contribution in [-0.2, 0) is 28.3 Å². The van der Waals surface area contributed by atoms with Crippen LogP contribution in [0.4, 0.5) is 4.39 Å². The zero-order chi connectivity index (χ0) is 25.9. The van der Waals surface area contributed by atoms with Gasteiger partial charge >= 0.3 is 0 Å². The summed E-state index contributed by atoms with van der Waals surface area (Å²) in [6, 6.07) is 23.2. The second kappa shape index (κ2) is 14.0. The van der Waals surface area contributed by atoms with Crippen molar-refractivity contribution >= 4 is 35.2 Å². The maximum Gasteiger partial charge on any atom is 0.243 e. The molecule has 0 heterocycles. The minimum absolute atomic E-state index is 0.0120. The van der Waals surface area contributed by atoms with Crippen LogP contribution in [0.1, 0.15) is 37.0 Å². The molecule has 2 atom stereocenters. The van der Waals surface area contributed by atoms with E-state index in [2.05, 4.69) is 5.32 Å². The summed E-state index contributed by atoms with van der Waals surface area (Å²) < 4.78 is 14.2. The molecular formula is C29H32ClFN2O2S. The quantitative estimate of drug-likeness (QED) is 0.303. The van der Waals surface area contributed by atoms with Crippen molar-refractivity contribution in [1.82, 2.24) is 10.2 Å². The molecule has 190 valence electrons. The Bertz CT molecular complexity index is 1110. The van der Waals surface area contributed by atoms with E-state index in [-0.39, 0.29) is 29.4 Å². The Kier molecular flexibility index (Phi) is 10.8. The number of nitrogens with zero attached hydrogens (tertiary/aromatic N) is 1. The zero-order valence-corrected chi connectivity index (χ0v) is 22.2. The highest BCUT2D eigenvalue weighted by atomic mass is 35.5. The van der Waals surface area contributed by atoms with Crippen molar-refractivity contribution in [3.05, 3.63) is 106 Å². The molecule has 7 heteroatoms. The summed E-state index contributed by atoms with van der Waals surface area (Å²) in [7, 11) is 0. The van der Waals surface area contributed by atoms with Gasteiger partial charge in [-0.2, -0.15) is 0 Å². The minimum Gasteiger partial charge on any atom is -0.352 e. The van der Waals surface area contributed by atoms with Crippen molar-refractivity contribution in [2.75, 3.05) is 5.75 Å². The number of carbonyl (C=O) groups excluding carboxylic acids is 2. The summed E-state index contributed by atoms with van der Waals surface area (Å²) in [6.07, 6.45) is 1.18. The molecule has 3 aromatic carbocycles. The first-order valence-electron chi connectivity index (χ1n) is 12.1. The van der Waals surface area contributed by atoms with Gasteiger partial charge in [0.2, 0.25) is 11.8 Å². The van der Waals surface area contributed by atoms with Gasteiger partial charge in [0.25, 0.3) is 0 Å². The smallest absolute Gasteiger partial charge is 0.243 e. The monoisotopic (exact) mass is 526 g/mol. The number of amides is 2. The lowest BCUT2D eigenvalue weighted by Crippen LogP contribution is -2.52. The second-order valence-electron chi connectivity index (χ2n) is 8.72. The molecule has 0 saturated heterocycles. The van der Waals surface area contributed by atoms with Gasteiger partial charge < -0.3 is 10.2 Å². The molecule has 1 N–H and O–H groups in total. The minimum atomic E-state index is -0.688. The zero-order valence-electron chi connectivity index (χ0n) is 20.6. The van der Waals surface area contributed by atoms with Crippen LogP contribution in [0.2, 0.25) is 5.02 Å². The highest BCUT2D eigenvalue weighted by Gasteiger charge is 2.31. The van der Waals surface area contributed by atoms with Crippen LogP contribution in [0.15, 0.2) is 78.9 Å². The van der Waals surface area contributed by atoms with Crippen LogP contribution in [0.25, 0.3) is 0 Å². The number of carbonyl (C=O) groups is 2. The van der Waals surface area contributed by atoms with Gasteiger partial charge in [-0.15, -0.1) is 11.8 Å². The number of rotatable bonds is 12. The lowest BCUT2D eigenvalue weighted by molar-refractivity contribution is -0.139. The predicted molar refractivity (Wildman–Crippen MR) is 146 cm³/mol. The average molecular weight is 527 g/mol. The topological polar surface area (TPSA) is 49.4 Å². The van der Waals surface area contributed by atoms with Crippen LogP contribution in [0.3, 0.4) is 0 Å². The molecule has 4 nitrogen and oxygen atoms in total. The third-order valence-corrected chi connectivity index (χ3v) is 7.30. The van der Waals surface area contributed by atoms with Crippen molar-refractivity contribution in [1.29, 1.82) is 0 Å². The highest BCUT2D eigenvalue weighted by Crippen LogP contribution is 2.25. The number of nitrogens with one attached hydrogen (secondary N) is 1. The Morgan fingerprint density at radius 1 is 0.972 bits per heavy atom. The summed E-state index contributed by atoms with van der Waals surface area (Å²) in [6.45, 7) is 4.26. The third-order valence-electron chi connectivity index (χ3n) is 6.00. The molecule has 0 aliphatic rings. The van der Waals surface area contributed by atoms with Crippen molar-refractivity contribution in [3.63, 3.8) is 0 Å². The van der Waals surface area contributed by atoms with E-state index in [0.717, 1.165) is 17.5 Å². The Morgan fingerprint density at radius 3 is 2.22 bits per heavy atom. The molecular weight excluding hydrogens is 495 g/mol. The largest absolute Gasteiger partial charge is 0.352 e. The Hall–Kier alpha value is -2.83. The van der Waals surface area contributed by atoms with Crippen molar-refractivity contribution in [2.24, 2.45) is 0 Å².